The minimum Gasteiger partial charge on any atom is -0.355 e. The Morgan fingerprint density at radius 2 is 1.86 bits per heavy atom. The van der Waals surface area contributed by atoms with Crippen molar-refractivity contribution in [3.63, 3.8) is 0 Å². The summed E-state index contributed by atoms with van der Waals surface area (Å²) in [7, 11) is 1.54. The second-order valence-electron chi connectivity index (χ2n) is 6.05. The Balaban J connectivity index is 1.67. The maximum Gasteiger partial charge on any atom is 0.435 e. The molecule has 2 N–H and O–H groups in total. The molecular weight excluding hydrogens is 403 g/mol. The molecule has 0 saturated heterocycles. The number of thiazole rings is 1. The van der Waals surface area contributed by atoms with Crippen LogP contribution < -0.4 is 10.6 Å². The maximum atomic E-state index is 13.5. The monoisotopic (exact) mass is 417 g/mol. The zero-order valence-corrected chi connectivity index (χ0v) is 15.8. The number of amides is 1. The van der Waals surface area contributed by atoms with Crippen LogP contribution in [0.2, 0.25) is 0 Å². The van der Waals surface area contributed by atoms with Crippen LogP contribution in [0.5, 0.6) is 0 Å². The average molecular weight is 417 g/mol. The van der Waals surface area contributed by atoms with Gasteiger partial charge in [0.05, 0.1) is 0 Å². The third-order valence-electron chi connectivity index (χ3n) is 4.17. The lowest BCUT2D eigenvalue weighted by Crippen LogP contribution is -2.17. The zero-order chi connectivity index (χ0) is 20.6. The van der Waals surface area contributed by atoms with Crippen molar-refractivity contribution >= 4 is 33.7 Å². The molecule has 3 aromatic heterocycles. The number of aromatic nitrogens is 3. The number of hydrogen-bond donors (Lipinski definition) is 2. The van der Waals surface area contributed by atoms with Gasteiger partial charge in [-0.25, -0.2) is 9.97 Å². The Hall–Kier alpha value is -3.40. The summed E-state index contributed by atoms with van der Waals surface area (Å²) in [5, 5.41) is 7.54. The van der Waals surface area contributed by atoms with Crippen molar-refractivity contribution in [1.29, 1.82) is 0 Å². The Kier molecular flexibility index (Phi) is 4.71. The van der Waals surface area contributed by atoms with Gasteiger partial charge in [0.1, 0.15) is 17.0 Å². The Morgan fingerprint density at radius 1 is 1.10 bits per heavy atom. The van der Waals surface area contributed by atoms with Crippen molar-refractivity contribution in [3.05, 3.63) is 65.3 Å². The van der Waals surface area contributed by atoms with E-state index >= 15 is 0 Å². The van der Waals surface area contributed by atoms with Gasteiger partial charge in [0.15, 0.2) is 10.8 Å². The molecule has 0 spiro atoms. The van der Waals surface area contributed by atoms with Crippen LogP contribution in [-0.2, 0) is 6.18 Å². The van der Waals surface area contributed by atoms with Crippen molar-refractivity contribution in [2.75, 3.05) is 12.4 Å². The summed E-state index contributed by atoms with van der Waals surface area (Å²) in [5.41, 5.74) is 0.446. The molecule has 0 fully saturated rings. The number of imidazole rings is 1. The van der Waals surface area contributed by atoms with Crippen LogP contribution in [0.4, 0.5) is 24.0 Å². The van der Waals surface area contributed by atoms with E-state index in [1.54, 1.807) is 48.8 Å². The van der Waals surface area contributed by atoms with Crippen LogP contribution in [-0.4, -0.2) is 27.3 Å². The lowest BCUT2D eigenvalue weighted by molar-refractivity contribution is -0.140. The topological polar surface area (TPSA) is 71.3 Å². The van der Waals surface area contributed by atoms with Gasteiger partial charge in [0.2, 0.25) is 0 Å². The fourth-order valence-corrected chi connectivity index (χ4v) is 3.57. The molecule has 0 radical (unpaired) electrons. The van der Waals surface area contributed by atoms with E-state index in [1.807, 2.05) is 0 Å². The van der Waals surface area contributed by atoms with Crippen LogP contribution in [0, 0.1) is 0 Å². The lowest BCUT2D eigenvalue weighted by atomic mass is 10.2. The van der Waals surface area contributed by atoms with E-state index in [1.165, 1.54) is 28.0 Å². The van der Waals surface area contributed by atoms with E-state index in [2.05, 4.69) is 20.6 Å². The highest BCUT2D eigenvalue weighted by atomic mass is 32.1. The van der Waals surface area contributed by atoms with Crippen molar-refractivity contribution in [1.82, 2.24) is 19.7 Å². The van der Waals surface area contributed by atoms with Crippen molar-refractivity contribution in [2.45, 2.75) is 6.18 Å². The minimum absolute atomic E-state index is 0.104. The number of fused-ring (bicyclic) bond motifs is 1. The van der Waals surface area contributed by atoms with E-state index in [9.17, 15) is 18.0 Å². The highest BCUT2D eigenvalue weighted by molar-refractivity contribution is 7.14. The number of carbonyl (C=O) groups excluding carboxylic acids is 1. The summed E-state index contributed by atoms with van der Waals surface area (Å²) in [5.74, 6) is -0.208. The molecule has 10 heteroatoms. The summed E-state index contributed by atoms with van der Waals surface area (Å²) < 4.78 is 41.9. The zero-order valence-electron chi connectivity index (χ0n) is 15.0. The second kappa shape index (κ2) is 7.21. The third-order valence-corrected chi connectivity index (χ3v) is 4.93. The highest BCUT2D eigenvalue weighted by Gasteiger charge is 2.38. The number of rotatable bonds is 4. The first kappa shape index (κ1) is 18.9. The fourth-order valence-electron chi connectivity index (χ4n) is 2.85. The van der Waals surface area contributed by atoms with Gasteiger partial charge in [-0.15, -0.1) is 11.3 Å². The van der Waals surface area contributed by atoms with Gasteiger partial charge in [-0.1, -0.05) is 6.07 Å². The molecule has 1 amide bonds. The number of pyridine rings is 1. The van der Waals surface area contributed by atoms with Crippen LogP contribution in [0.25, 0.3) is 17.0 Å². The molecule has 1 aromatic carbocycles. The van der Waals surface area contributed by atoms with Gasteiger partial charge in [-0.05, 0) is 36.4 Å². The number of hydrogen-bond acceptors (Lipinski definition) is 5. The highest BCUT2D eigenvalue weighted by Crippen LogP contribution is 2.38. The van der Waals surface area contributed by atoms with E-state index in [0.717, 1.165) is 0 Å². The van der Waals surface area contributed by atoms with Gasteiger partial charge in [0, 0.05) is 29.9 Å². The van der Waals surface area contributed by atoms with E-state index in [-0.39, 0.29) is 22.9 Å². The van der Waals surface area contributed by atoms with Crippen molar-refractivity contribution in [2.24, 2.45) is 0 Å². The maximum absolute atomic E-state index is 13.5. The molecular formula is C19H14F3N5OS. The molecule has 4 rings (SSSR count). The van der Waals surface area contributed by atoms with Crippen molar-refractivity contribution < 1.29 is 18.0 Å². The molecule has 148 valence electrons. The lowest BCUT2D eigenvalue weighted by Gasteiger charge is -2.06. The number of nitrogens with zero attached hydrogens (tertiary/aromatic N) is 3. The molecule has 0 aliphatic carbocycles. The number of benzene rings is 1. The minimum atomic E-state index is -4.60. The van der Waals surface area contributed by atoms with Gasteiger partial charge >= 0.3 is 6.18 Å². The van der Waals surface area contributed by atoms with Gasteiger partial charge in [-0.3, -0.25) is 9.20 Å². The third kappa shape index (κ3) is 3.66. The molecule has 6 nitrogen and oxygen atoms in total. The van der Waals surface area contributed by atoms with Crippen LogP contribution in [0.15, 0.2) is 54.0 Å². The first-order valence-corrected chi connectivity index (χ1v) is 9.34. The number of nitrogens with one attached hydrogen (secondary N) is 2. The summed E-state index contributed by atoms with van der Waals surface area (Å²) >= 11 is 1.18. The first-order chi connectivity index (χ1) is 13.9. The molecule has 4 aromatic rings. The number of alkyl halides is 3. The van der Waals surface area contributed by atoms with E-state index in [0.29, 0.717) is 16.4 Å². The molecule has 0 aliphatic rings. The summed E-state index contributed by atoms with van der Waals surface area (Å²) in [6.07, 6.45) is -3.08. The molecule has 0 saturated carbocycles. The normalized spacial score (nSPS) is 11.6. The van der Waals surface area contributed by atoms with Crippen LogP contribution >= 0.6 is 11.3 Å². The average Bonchev–Trinajstić information content (AvgIpc) is 3.32. The molecule has 3 heterocycles. The number of halogens is 3. The molecule has 29 heavy (non-hydrogen) atoms. The predicted molar refractivity (Wildman–Crippen MR) is 104 cm³/mol. The van der Waals surface area contributed by atoms with Gasteiger partial charge < -0.3 is 10.6 Å². The Morgan fingerprint density at radius 3 is 2.55 bits per heavy atom. The molecule has 0 bridgehead atoms. The van der Waals surface area contributed by atoms with Crippen molar-refractivity contribution in [3.8, 4) is 11.4 Å². The Bertz CT molecular complexity index is 1180. The van der Waals surface area contributed by atoms with E-state index in [4.69, 9.17) is 0 Å². The SMILES string of the molecule is CNC(=O)c1ccc(Nc2nc(-c3c(C(F)(F)F)nc4ccccn34)cs2)cc1. The number of carbonyl (C=O) groups is 1. The van der Waals surface area contributed by atoms with Gasteiger partial charge in [0.25, 0.3) is 5.91 Å². The van der Waals surface area contributed by atoms with Gasteiger partial charge in [-0.2, -0.15) is 13.2 Å². The predicted octanol–water partition coefficient (Wildman–Crippen LogP) is 4.58. The summed E-state index contributed by atoms with van der Waals surface area (Å²) in [4.78, 5) is 19.6. The Labute approximate surface area is 167 Å². The second-order valence-corrected chi connectivity index (χ2v) is 6.91. The van der Waals surface area contributed by atoms with Crippen LogP contribution in [0.1, 0.15) is 16.1 Å². The smallest absolute Gasteiger partial charge is 0.355 e. The molecule has 0 unspecified atom stereocenters. The quantitative estimate of drug-likeness (QED) is 0.510. The standard InChI is InChI=1S/C19H14F3N5OS/c1-23-17(28)11-5-7-12(8-6-11)24-18-25-13(10-29-18)15-16(19(20,21)22)26-14-4-2-3-9-27(14)15/h2-10H,1H3,(H,23,28)(H,24,25). The summed E-state index contributed by atoms with van der Waals surface area (Å²) in [6.45, 7) is 0. The summed E-state index contributed by atoms with van der Waals surface area (Å²) in [6, 6.07) is 11.4. The first-order valence-electron chi connectivity index (χ1n) is 8.46. The molecule has 0 atom stereocenters. The fraction of sp³-hybridized carbons (Fsp3) is 0.105. The largest absolute Gasteiger partial charge is 0.435 e. The van der Waals surface area contributed by atoms with Crippen LogP contribution in [0.3, 0.4) is 0 Å². The molecule has 0 aliphatic heterocycles. The number of anilines is 2. The van der Waals surface area contributed by atoms with E-state index < -0.39 is 11.9 Å².